The molecule has 3 saturated carbocycles. The van der Waals surface area contributed by atoms with Crippen LogP contribution in [0.15, 0.2) is 35.9 Å². The van der Waals surface area contributed by atoms with Crippen molar-refractivity contribution in [3.63, 3.8) is 0 Å². The van der Waals surface area contributed by atoms with Crippen LogP contribution in [0.25, 0.3) is 44.4 Å². The molecule has 5 heterocycles. The zero-order chi connectivity index (χ0) is 54.5. The summed E-state index contributed by atoms with van der Waals surface area (Å²) < 4.78 is 6.16. The lowest BCUT2D eigenvalue weighted by molar-refractivity contribution is -0.189. The third kappa shape index (κ3) is 10.3. The molecular weight excluding hydrogens is 949 g/mol. The third-order valence-electron chi connectivity index (χ3n) is 18.6. The first kappa shape index (κ1) is 55.2. The van der Waals surface area contributed by atoms with Crippen LogP contribution in [-0.4, -0.2) is 75.4 Å². The topological polar surface area (TPSA) is 233 Å². The number of Topliss-reactive ketones (excluding diaryl/α,β-unsaturated/α-hetero) is 1. The summed E-state index contributed by atoms with van der Waals surface area (Å²) in [4.78, 5) is 77.7. The van der Waals surface area contributed by atoms with Gasteiger partial charge in [0.1, 0.15) is 0 Å². The summed E-state index contributed by atoms with van der Waals surface area (Å²) in [6, 6.07) is 7.51. The molecule has 8 atom stereocenters. The number of aryl methyl sites for hydroxylation is 2. The first-order valence-electron chi connectivity index (χ1n) is 27.4. The average molecular weight is 1030 g/mol. The molecule has 6 N–H and O–H groups in total. The Bertz CT molecular complexity index is 3100. The van der Waals surface area contributed by atoms with E-state index in [1.54, 1.807) is 20.8 Å². The van der Waals surface area contributed by atoms with Crippen molar-refractivity contribution in [2.24, 2.45) is 28.6 Å². The van der Waals surface area contributed by atoms with Gasteiger partial charge in [0, 0.05) is 64.3 Å². The number of ketones is 2. The van der Waals surface area contributed by atoms with Gasteiger partial charge in [-0.1, -0.05) is 39.2 Å². The normalized spacial score (nSPS) is 25.8. The van der Waals surface area contributed by atoms with Gasteiger partial charge in [-0.2, -0.15) is 0 Å². The molecule has 0 radical (unpaired) electrons. The lowest BCUT2D eigenvalue weighted by Crippen LogP contribution is -2.58. The van der Waals surface area contributed by atoms with E-state index in [0.29, 0.717) is 76.4 Å². The SMILES string of the molecule is CC1=C(CCC(=O)O)c2cc3nc(cc4[nH]c(cc5[nH]c(cc1n2)c(C)c5C(C)O)c(C)c4C(C)O)C(C)=C3CCC(=O)O.CCCCCC(=O)O[C@]1(C(C)=O)CC[C@H]2[C@@H]3CCC4=CC(=O)CC[C@]4(C)[C@H]3CC[C@@]21C. The van der Waals surface area contributed by atoms with Crippen LogP contribution >= 0.6 is 0 Å². The Morgan fingerprint density at radius 3 is 1.76 bits per heavy atom. The van der Waals surface area contributed by atoms with E-state index in [1.165, 1.54) is 5.57 Å². The molecule has 0 amide bonds. The molecule has 402 valence electrons. The Kier molecular flexibility index (Phi) is 15.9. The van der Waals surface area contributed by atoms with Crippen molar-refractivity contribution in [3.8, 4) is 0 Å². The average Bonchev–Trinajstić information content (AvgIpc) is 4.08. The van der Waals surface area contributed by atoms with Crippen LogP contribution in [0.5, 0.6) is 0 Å². The molecule has 2 aliphatic heterocycles. The smallest absolute Gasteiger partial charge is 0.306 e. The van der Waals surface area contributed by atoms with Gasteiger partial charge in [0.05, 0.1) is 35.0 Å². The third-order valence-corrected chi connectivity index (χ3v) is 18.6. The van der Waals surface area contributed by atoms with Crippen molar-refractivity contribution in [3.05, 3.63) is 80.9 Å². The second kappa shape index (κ2) is 21.6. The number of carboxylic acids is 2. The highest BCUT2D eigenvalue weighted by Crippen LogP contribution is 2.68. The van der Waals surface area contributed by atoms with E-state index in [-0.39, 0.29) is 54.0 Å². The number of fused-ring (bicyclic) bond motifs is 13. The molecule has 3 aromatic rings. The Morgan fingerprint density at radius 1 is 0.693 bits per heavy atom. The molecule has 0 spiro atoms. The minimum Gasteiger partial charge on any atom is -0.481 e. The molecule has 75 heavy (non-hydrogen) atoms. The molecule has 2 unspecified atom stereocenters. The van der Waals surface area contributed by atoms with Gasteiger partial charge in [0.15, 0.2) is 17.2 Å². The van der Waals surface area contributed by atoms with E-state index in [0.717, 1.165) is 108 Å². The Labute approximate surface area is 440 Å². The number of carboxylic acid groups (broad SMARTS) is 2. The number of H-pyrrole nitrogens is 2. The molecule has 6 aliphatic rings. The van der Waals surface area contributed by atoms with Crippen LogP contribution in [0.1, 0.15) is 215 Å². The quantitative estimate of drug-likeness (QED) is 0.0654. The second-order valence-electron chi connectivity index (χ2n) is 22.9. The van der Waals surface area contributed by atoms with Gasteiger partial charge >= 0.3 is 17.9 Å². The molecule has 3 aromatic heterocycles. The summed E-state index contributed by atoms with van der Waals surface area (Å²) in [5.41, 5.74) is 12.0. The molecule has 14 nitrogen and oxygen atoms in total. The number of nitrogens with zero attached hydrogens (tertiary/aromatic N) is 2. The predicted molar refractivity (Wildman–Crippen MR) is 291 cm³/mol. The summed E-state index contributed by atoms with van der Waals surface area (Å²) >= 11 is 0. The Hall–Kier alpha value is -5.99. The maximum absolute atomic E-state index is 13.1. The van der Waals surface area contributed by atoms with Gasteiger partial charge in [-0.15, -0.1) is 0 Å². The molecule has 9 rings (SSSR count). The first-order valence-corrected chi connectivity index (χ1v) is 27.4. The van der Waals surface area contributed by atoms with E-state index in [4.69, 9.17) is 14.7 Å². The zero-order valence-corrected chi connectivity index (χ0v) is 45.7. The zero-order valence-electron chi connectivity index (χ0n) is 45.7. The van der Waals surface area contributed by atoms with Gasteiger partial charge in [0.25, 0.3) is 0 Å². The molecule has 14 heteroatoms. The highest BCUT2D eigenvalue weighted by Gasteiger charge is 2.68. The fraction of sp³-hybridized carbons (Fsp3) is 0.557. The van der Waals surface area contributed by atoms with Gasteiger partial charge < -0.3 is 35.1 Å². The number of aliphatic hydroxyl groups excluding tert-OH is 2. The first-order chi connectivity index (χ1) is 35.4. The number of aliphatic carboxylic acids is 2. The van der Waals surface area contributed by atoms with E-state index in [9.17, 15) is 44.4 Å². The maximum Gasteiger partial charge on any atom is 0.306 e. The van der Waals surface area contributed by atoms with E-state index in [2.05, 4.69) is 30.7 Å². The minimum atomic E-state index is -0.953. The molecule has 0 saturated heterocycles. The number of esters is 1. The van der Waals surface area contributed by atoms with Gasteiger partial charge in [-0.3, -0.25) is 24.0 Å². The Morgan fingerprint density at radius 2 is 1.23 bits per heavy atom. The number of carbonyl (C=O) groups is 5. The molecule has 4 aliphatic carbocycles. The number of carbonyl (C=O) groups excluding carboxylic acids is 3. The van der Waals surface area contributed by atoms with E-state index >= 15 is 0 Å². The number of rotatable bonds is 14. The highest BCUT2D eigenvalue weighted by atomic mass is 16.6. The maximum atomic E-state index is 13.1. The number of allylic oxidation sites excluding steroid dienone is 5. The number of hydrogen-bond donors (Lipinski definition) is 6. The van der Waals surface area contributed by atoms with Crippen LogP contribution in [0, 0.1) is 42.4 Å². The second-order valence-corrected chi connectivity index (χ2v) is 22.9. The summed E-state index contributed by atoms with van der Waals surface area (Å²) in [7, 11) is 0. The summed E-state index contributed by atoms with van der Waals surface area (Å²) in [5.74, 6) is -0.179. The number of ether oxygens (including phenoxy) is 1. The summed E-state index contributed by atoms with van der Waals surface area (Å²) in [6.45, 7) is 19.5. The lowest BCUT2D eigenvalue weighted by Gasteiger charge is -2.59. The molecular formula is C61H78N4O10. The summed E-state index contributed by atoms with van der Waals surface area (Å²) in [6.07, 6.45) is 11.4. The Balaban J connectivity index is 0.000000211. The number of hydrogen-bond acceptors (Lipinski definition) is 10. The predicted octanol–water partition coefficient (Wildman–Crippen LogP) is 12.6. The van der Waals surface area contributed by atoms with Gasteiger partial charge in [-0.25, -0.2) is 9.97 Å². The fourth-order valence-corrected chi connectivity index (χ4v) is 14.5. The van der Waals surface area contributed by atoms with Crippen LogP contribution in [-0.2, 0) is 28.7 Å². The monoisotopic (exact) mass is 1030 g/mol. The molecule has 3 fully saturated rings. The van der Waals surface area contributed by atoms with Crippen LogP contribution in [0.4, 0.5) is 0 Å². The van der Waals surface area contributed by atoms with Crippen molar-refractivity contribution in [2.75, 3.05) is 0 Å². The number of nitrogens with one attached hydrogen (secondary N) is 2. The standard InChI is InChI=1S/C34H38N4O6.C27H40O4/c1-15-21(7-9-31(41)42)27-14-28-22(8-10-32(43)44)16(2)24(36-28)12-29-34(20(6)40)18(4)26(38-29)13-30-33(19(5)39)17(3)25(37-30)11-23(15)35-27;1-5-6-7-8-24(30)31-27(18(2)28)16-13-23-21-10-9-19-17-20(29)11-14-25(19,3)22(21)12-15-26(23,27)4/h11-14,19-20,37-40H,7-10H2,1-6H3,(H,41,42)(H,43,44);17,21-23H,5-16H2,1-4H3/t;21-,22+,23+,25+,26+,27+/m.1/s1. The number of aromatic amines is 2. The van der Waals surface area contributed by atoms with Gasteiger partial charge in [0.2, 0.25) is 0 Å². The van der Waals surface area contributed by atoms with Crippen molar-refractivity contribution < 1.29 is 49.1 Å². The number of unbranched alkanes of at least 4 members (excludes halogenated alkanes) is 2. The van der Waals surface area contributed by atoms with Crippen LogP contribution < -0.4 is 0 Å². The largest absolute Gasteiger partial charge is 0.481 e. The van der Waals surface area contributed by atoms with E-state index < -0.39 is 29.7 Å². The highest BCUT2D eigenvalue weighted by molar-refractivity contribution is 5.97. The lowest BCUT2D eigenvalue weighted by atomic mass is 9.46. The number of aliphatic hydroxyl groups is 2. The number of aromatic nitrogens is 4. The van der Waals surface area contributed by atoms with Gasteiger partial charge in [-0.05, 0) is 200 Å². The van der Waals surface area contributed by atoms with Crippen molar-refractivity contribution in [1.82, 2.24) is 19.9 Å². The van der Waals surface area contributed by atoms with Crippen LogP contribution in [0.3, 0.4) is 0 Å². The van der Waals surface area contributed by atoms with E-state index in [1.807, 2.05) is 58.0 Å². The molecule has 8 bridgehead atoms. The van der Waals surface area contributed by atoms with Crippen molar-refractivity contribution in [1.29, 1.82) is 0 Å². The summed E-state index contributed by atoms with van der Waals surface area (Å²) in [5, 5.41) is 40.5. The van der Waals surface area contributed by atoms with Crippen LogP contribution in [0.2, 0.25) is 0 Å². The van der Waals surface area contributed by atoms with Crippen molar-refractivity contribution in [2.45, 2.75) is 190 Å². The minimum absolute atomic E-state index is 0.0330. The fourth-order valence-electron chi connectivity index (χ4n) is 14.5. The van der Waals surface area contributed by atoms with Crippen molar-refractivity contribution >= 4 is 73.8 Å². The molecule has 0 aromatic carbocycles.